The van der Waals surface area contributed by atoms with Crippen molar-refractivity contribution >= 4 is 29.1 Å². The van der Waals surface area contributed by atoms with E-state index in [0.29, 0.717) is 16.4 Å². The molecule has 0 bridgehead atoms. The first kappa shape index (κ1) is 18.5. The van der Waals surface area contributed by atoms with Crippen molar-refractivity contribution in [2.24, 2.45) is 0 Å². The lowest BCUT2D eigenvalue weighted by molar-refractivity contribution is 0.102. The molecule has 1 aromatic carbocycles. The van der Waals surface area contributed by atoms with Crippen LogP contribution in [0.1, 0.15) is 10.4 Å². The number of rotatable bonds is 4. The smallest absolute Gasteiger partial charge is 0.257 e. The standard InChI is InChI=1S/C20H21ClN6O/c1-25-10-12-26(13-11-25)19-14-15(6-8-22-19)20(28)23-18-7-9-27(24-18)17-4-2-16(21)3-5-17/h2-9,14H,10-13H2,1H3,(H,23,24,28). The van der Waals surface area contributed by atoms with Crippen LogP contribution in [0.25, 0.3) is 5.69 Å². The molecule has 1 aliphatic rings. The number of nitrogens with zero attached hydrogens (tertiary/aromatic N) is 5. The van der Waals surface area contributed by atoms with E-state index in [4.69, 9.17) is 11.6 Å². The van der Waals surface area contributed by atoms with Crippen molar-refractivity contribution in [3.05, 3.63) is 65.4 Å². The van der Waals surface area contributed by atoms with Crippen molar-refractivity contribution < 1.29 is 4.79 Å². The van der Waals surface area contributed by atoms with E-state index in [1.165, 1.54) is 0 Å². The van der Waals surface area contributed by atoms with Crippen molar-refractivity contribution in [3.63, 3.8) is 0 Å². The molecule has 0 spiro atoms. The Balaban J connectivity index is 1.45. The quantitative estimate of drug-likeness (QED) is 0.734. The van der Waals surface area contributed by atoms with Gasteiger partial charge in [0.2, 0.25) is 0 Å². The molecule has 1 fully saturated rings. The fraction of sp³-hybridized carbons (Fsp3) is 0.250. The second-order valence-corrected chi connectivity index (χ2v) is 7.21. The number of hydrogen-bond acceptors (Lipinski definition) is 5. The normalized spacial score (nSPS) is 14.9. The fourth-order valence-corrected chi connectivity index (χ4v) is 3.21. The second-order valence-electron chi connectivity index (χ2n) is 6.77. The van der Waals surface area contributed by atoms with Gasteiger partial charge < -0.3 is 15.1 Å². The number of hydrogen-bond donors (Lipinski definition) is 1. The van der Waals surface area contributed by atoms with Crippen molar-refractivity contribution in [3.8, 4) is 5.69 Å². The zero-order valence-corrected chi connectivity index (χ0v) is 16.3. The first-order valence-corrected chi connectivity index (χ1v) is 9.49. The van der Waals surface area contributed by atoms with Crippen LogP contribution in [0.2, 0.25) is 5.02 Å². The molecule has 1 aliphatic heterocycles. The minimum atomic E-state index is -0.209. The van der Waals surface area contributed by atoms with Gasteiger partial charge in [0, 0.05) is 55.2 Å². The van der Waals surface area contributed by atoms with Gasteiger partial charge in [0.15, 0.2) is 5.82 Å². The largest absolute Gasteiger partial charge is 0.354 e. The highest BCUT2D eigenvalue weighted by atomic mass is 35.5. The first-order valence-electron chi connectivity index (χ1n) is 9.11. The van der Waals surface area contributed by atoms with E-state index in [0.717, 1.165) is 37.7 Å². The van der Waals surface area contributed by atoms with E-state index in [9.17, 15) is 4.79 Å². The summed E-state index contributed by atoms with van der Waals surface area (Å²) in [5, 5.41) is 7.92. The number of aromatic nitrogens is 3. The average Bonchev–Trinajstić information content (AvgIpc) is 3.17. The predicted molar refractivity (Wildman–Crippen MR) is 110 cm³/mol. The molecule has 4 rings (SSSR count). The van der Waals surface area contributed by atoms with Gasteiger partial charge in [-0.15, -0.1) is 0 Å². The Hall–Kier alpha value is -2.90. The highest BCUT2D eigenvalue weighted by Gasteiger charge is 2.17. The maximum Gasteiger partial charge on any atom is 0.257 e. The summed E-state index contributed by atoms with van der Waals surface area (Å²) in [5.41, 5.74) is 1.43. The Morgan fingerprint density at radius 2 is 1.82 bits per heavy atom. The summed E-state index contributed by atoms with van der Waals surface area (Å²) >= 11 is 5.92. The number of carbonyl (C=O) groups is 1. The third-order valence-corrected chi connectivity index (χ3v) is 5.01. The molecule has 0 aliphatic carbocycles. The molecule has 0 saturated carbocycles. The van der Waals surface area contributed by atoms with Crippen molar-refractivity contribution in [2.75, 3.05) is 43.4 Å². The van der Waals surface area contributed by atoms with Gasteiger partial charge in [-0.3, -0.25) is 4.79 Å². The lowest BCUT2D eigenvalue weighted by atomic mass is 10.2. The summed E-state index contributed by atoms with van der Waals surface area (Å²) in [5.74, 6) is 1.10. The van der Waals surface area contributed by atoms with Crippen LogP contribution in [0.3, 0.4) is 0 Å². The third-order valence-electron chi connectivity index (χ3n) is 4.76. The molecule has 1 amide bonds. The summed E-state index contributed by atoms with van der Waals surface area (Å²) in [6, 6.07) is 12.6. The highest BCUT2D eigenvalue weighted by Crippen LogP contribution is 2.17. The topological polar surface area (TPSA) is 66.3 Å². The van der Waals surface area contributed by atoms with Gasteiger partial charge in [-0.1, -0.05) is 11.6 Å². The van der Waals surface area contributed by atoms with Gasteiger partial charge in [0.25, 0.3) is 5.91 Å². The van der Waals surface area contributed by atoms with Crippen LogP contribution in [0.15, 0.2) is 54.9 Å². The Morgan fingerprint density at radius 3 is 2.57 bits per heavy atom. The zero-order valence-electron chi connectivity index (χ0n) is 15.5. The number of halogens is 1. The molecule has 0 unspecified atom stereocenters. The van der Waals surface area contributed by atoms with Crippen molar-refractivity contribution in [1.29, 1.82) is 0 Å². The monoisotopic (exact) mass is 396 g/mol. The molecule has 1 saturated heterocycles. The van der Waals surface area contributed by atoms with Crippen LogP contribution in [0, 0.1) is 0 Å². The summed E-state index contributed by atoms with van der Waals surface area (Å²) in [6.07, 6.45) is 3.47. The van der Waals surface area contributed by atoms with Crippen LogP contribution in [0.5, 0.6) is 0 Å². The molecule has 3 aromatic rings. The number of piperazine rings is 1. The first-order chi connectivity index (χ1) is 13.6. The van der Waals surface area contributed by atoms with Gasteiger partial charge in [-0.2, -0.15) is 5.10 Å². The number of anilines is 2. The van der Waals surface area contributed by atoms with Gasteiger partial charge in [0.05, 0.1) is 5.69 Å². The molecule has 8 heteroatoms. The Labute approximate surface area is 168 Å². The molecular formula is C20H21ClN6O. The second kappa shape index (κ2) is 8.00. The van der Waals surface area contributed by atoms with E-state index in [1.54, 1.807) is 41.3 Å². The molecule has 144 valence electrons. The lowest BCUT2D eigenvalue weighted by Gasteiger charge is -2.33. The van der Waals surface area contributed by atoms with Crippen LogP contribution >= 0.6 is 11.6 Å². The van der Waals surface area contributed by atoms with Crippen LogP contribution in [-0.2, 0) is 0 Å². The van der Waals surface area contributed by atoms with Crippen LogP contribution < -0.4 is 10.2 Å². The summed E-state index contributed by atoms with van der Waals surface area (Å²) in [4.78, 5) is 21.6. The number of amides is 1. The maximum absolute atomic E-state index is 12.7. The van der Waals surface area contributed by atoms with Gasteiger partial charge in [-0.25, -0.2) is 9.67 Å². The van der Waals surface area contributed by atoms with E-state index in [2.05, 4.69) is 32.2 Å². The molecule has 28 heavy (non-hydrogen) atoms. The lowest BCUT2D eigenvalue weighted by Crippen LogP contribution is -2.44. The number of carbonyl (C=O) groups excluding carboxylic acids is 1. The molecule has 3 heterocycles. The SMILES string of the molecule is CN1CCN(c2cc(C(=O)Nc3ccn(-c4ccc(Cl)cc4)n3)ccn2)CC1. The third kappa shape index (κ3) is 4.16. The Morgan fingerprint density at radius 1 is 1.07 bits per heavy atom. The molecule has 1 N–H and O–H groups in total. The van der Waals surface area contributed by atoms with E-state index >= 15 is 0 Å². The van der Waals surface area contributed by atoms with Crippen molar-refractivity contribution in [1.82, 2.24) is 19.7 Å². The molecular weight excluding hydrogens is 376 g/mol. The number of likely N-dealkylation sites (N-methyl/N-ethyl adjacent to an activating group) is 1. The predicted octanol–water partition coefficient (Wildman–Crippen LogP) is 2.92. The fourth-order valence-electron chi connectivity index (χ4n) is 3.08. The number of nitrogens with one attached hydrogen (secondary N) is 1. The van der Waals surface area contributed by atoms with E-state index in [-0.39, 0.29) is 5.91 Å². The molecule has 2 aromatic heterocycles. The maximum atomic E-state index is 12.7. The minimum Gasteiger partial charge on any atom is -0.354 e. The molecule has 7 nitrogen and oxygen atoms in total. The summed E-state index contributed by atoms with van der Waals surface area (Å²) < 4.78 is 1.69. The Kier molecular flexibility index (Phi) is 5.27. The van der Waals surface area contributed by atoms with E-state index < -0.39 is 0 Å². The number of pyridine rings is 1. The molecule has 0 radical (unpaired) electrons. The van der Waals surface area contributed by atoms with E-state index in [1.807, 2.05) is 18.2 Å². The summed E-state index contributed by atoms with van der Waals surface area (Å²) in [6.45, 7) is 3.78. The van der Waals surface area contributed by atoms with Crippen LogP contribution in [0.4, 0.5) is 11.6 Å². The highest BCUT2D eigenvalue weighted by molar-refractivity contribution is 6.30. The minimum absolute atomic E-state index is 0.209. The zero-order chi connectivity index (χ0) is 19.5. The van der Waals surface area contributed by atoms with Gasteiger partial charge in [-0.05, 0) is 43.4 Å². The average molecular weight is 397 g/mol. The Bertz CT molecular complexity index is 963. The van der Waals surface area contributed by atoms with Crippen LogP contribution in [-0.4, -0.2) is 58.8 Å². The van der Waals surface area contributed by atoms with Crippen molar-refractivity contribution in [2.45, 2.75) is 0 Å². The van der Waals surface area contributed by atoms with Gasteiger partial charge >= 0.3 is 0 Å². The summed E-state index contributed by atoms with van der Waals surface area (Å²) in [7, 11) is 2.11. The molecule has 0 atom stereocenters. The number of benzene rings is 1. The van der Waals surface area contributed by atoms with Gasteiger partial charge in [0.1, 0.15) is 5.82 Å².